The minimum atomic E-state index is 0.341. The number of morpholine rings is 2. The van der Waals surface area contributed by atoms with Crippen molar-refractivity contribution in [3.63, 3.8) is 0 Å². The second-order valence-corrected chi connectivity index (χ2v) is 8.94. The van der Waals surface area contributed by atoms with E-state index in [9.17, 15) is 0 Å². The Balaban J connectivity index is 1.31. The van der Waals surface area contributed by atoms with Gasteiger partial charge >= 0.3 is 0 Å². The number of ether oxygens (including phenoxy) is 2. The Hall–Kier alpha value is -3.47. The third-order valence-electron chi connectivity index (χ3n) is 5.99. The largest absolute Gasteiger partial charge is 0.378 e. The van der Waals surface area contributed by atoms with Crippen LogP contribution in [0.15, 0.2) is 47.6 Å². The molecule has 3 heterocycles. The van der Waals surface area contributed by atoms with E-state index in [0.29, 0.717) is 49.2 Å². The number of benzene rings is 2. The second-order valence-electron chi connectivity index (χ2n) is 8.53. The van der Waals surface area contributed by atoms with Crippen molar-refractivity contribution in [3.8, 4) is 0 Å². The van der Waals surface area contributed by atoms with Crippen molar-refractivity contribution in [2.24, 2.45) is 5.10 Å². The average molecular weight is 509 g/mol. The number of anilines is 5. The van der Waals surface area contributed by atoms with Crippen molar-refractivity contribution in [3.05, 3.63) is 58.6 Å². The summed E-state index contributed by atoms with van der Waals surface area (Å²) >= 11 is 6.29. The van der Waals surface area contributed by atoms with Crippen molar-refractivity contribution in [1.29, 1.82) is 0 Å². The van der Waals surface area contributed by atoms with Gasteiger partial charge in [-0.1, -0.05) is 29.8 Å². The molecule has 2 fully saturated rings. The Morgan fingerprint density at radius 1 is 0.861 bits per heavy atom. The molecule has 0 aliphatic carbocycles. The van der Waals surface area contributed by atoms with Crippen LogP contribution in [0.2, 0.25) is 5.02 Å². The molecule has 2 aliphatic rings. The van der Waals surface area contributed by atoms with Gasteiger partial charge in [-0.25, -0.2) is 5.43 Å². The van der Waals surface area contributed by atoms with Gasteiger partial charge in [0, 0.05) is 42.6 Å². The third kappa shape index (κ3) is 6.20. The van der Waals surface area contributed by atoms with Crippen LogP contribution in [-0.2, 0) is 9.47 Å². The Morgan fingerprint density at radius 3 is 2.22 bits per heavy atom. The molecule has 5 rings (SSSR count). The number of hydrogen-bond acceptors (Lipinski definition) is 10. The highest BCUT2D eigenvalue weighted by Gasteiger charge is 2.17. The molecule has 0 spiro atoms. The maximum Gasteiger partial charge on any atom is 0.250 e. The topological polar surface area (TPSA) is 100 Å². The van der Waals surface area contributed by atoms with Gasteiger partial charge < -0.3 is 24.6 Å². The van der Waals surface area contributed by atoms with Crippen LogP contribution >= 0.6 is 11.6 Å². The van der Waals surface area contributed by atoms with E-state index in [2.05, 4.69) is 52.7 Å². The molecule has 2 aromatic carbocycles. The van der Waals surface area contributed by atoms with Gasteiger partial charge in [0.2, 0.25) is 17.8 Å². The molecule has 2 aliphatic heterocycles. The number of aromatic nitrogens is 3. The lowest BCUT2D eigenvalue weighted by molar-refractivity contribution is 0.122. The number of rotatable bonds is 7. The SMILES string of the molecule is Cc1ccc(Nc2nc(N/N=C/c3ccc(N4CCOCC4)cc3)nc(N3CCOCC3)n2)cc1Cl. The molecular weight excluding hydrogens is 480 g/mol. The van der Waals surface area contributed by atoms with E-state index in [4.69, 9.17) is 21.1 Å². The summed E-state index contributed by atoms with van der Waals surface area (Å²) in [7, 11) is 0. The molecule has 1 aromatic heterocycles. The molecule has 10 nitrogen and oxygen atoms in total. The van der Waals surface area contributed by atoms with Crippen LogP contribution in [0.5, 0.6) is 0 Å². The molecule has 2 saturated heterocycles. The van der Waals surface area contributed by atoms with Gasteiger partial charge in [0.15, 0.2) is 0 Å². The number of aryl methyl sites for hydroxylation is 1. The summed E-state index contributed by atoms with van der Waals surface area (Å²) in [5, 5.41) is 8.26. The first-order chi connectivity index (χ1) is 17.6. The quantitative estimate of drug-likeness (QED) is 0.365. The Labute approximate surface area is 215 Å². The third-order valence-corrected chi connectivity index (χ3v) is 6.40. The summed E-state index contributed by atoms with van der Waals surface area (Å²) < 4.78 is 10.9. The fraction of sp³-hybridized carbons (Fsp3) is 0.360. The highest BCUT2D eigenvalue weighted by Crippen LogP contribution is 2.23. The highest BCUT2D eigenvalue weighted by atomic mass is 35.5. The molecule has 3 aromatic rings. The summed E-state index contributed by atoms with van der Waals surface area (Å²) in [4.78, 5) is 18.1. The number of nitrogens with one attached hydrogen (secondary N) is 2. The van der Waals surface area contributed by atoms with E-state index in [1.807, 2.05) is 37.3 Å². The Bertz CT molecular complexity index is 1200. The fourth-order valence-corrected chi connectivity index (χ4v) is 4.11. The van der Waals surface area contributed by atoms with Crippen LogP contribution in [0.3, 0.4) is 0 Å². The van der Waals surface area contributed by atoms with Crippen LogP contribution in [0.4, 0.5) is 29.2 Å². The number of hydrogen-bond donors (Lipinski definition) is 2. The van der Waals surface area contributed by atoms with Gasteiger partial charge in [-0.05, 0) is 42.3 Å². The van der Waals surface area contributed by atoms with Crippen molar-refractivity contribution >= 4 is 47.0 Å². The lowest BCUT2D eigenvalue weighted by Crippen LogP contribution is -2.37. The van der Waals surface area contributed by atoms with Crippen molar-refractivity contribution in [1.82, 2.24) is 15.0 Å². The zero-order chi connectivity index (χ0) is 24.7. The standard InChI is InChI=1S/C25H29ClN8O2/c1-18-2-5-20(16-22(18)26)28-23-29-24(31-25(30-23)34-10-14-36-15-11-34)32-27-17-19-3-6-21(7-4-19)33-8-12-35-13-9-33/h2-7,16-17H,8-15H2,1H3,(H2,28,29,30,31,32)/b27-17+. The van der Waals surface area contributed by atoms with Crippen molar-refractivity contribution in [2.45, 2.75) is 6.92 Å². The maximum atomic E-state index is 6.29. The van der Waals surface area contributed by atoms with Crippen molar-refractivity contribution < 1.29 is 9.47 Å². The normalized spacial score (nSPS) is 16.4. The predicted octanol–water partition coefficient (Wildman–Crippen LogP) is 3.70. The number of hydrazone groups is 1. The monoisotopic (exact) mass is 508 g/mol. The smallest absolute Gasteiger partial charge is 0.250 e. The Kier molecular flexibility index (Phi) is 7.75. The zero-order valence-electron chi connectivity index (χ0n) is 20.2. The number of halogens is 1. The zero-order valence-corrected chi connectivity index (χ0v) is 20.9. The minimum absolute atomic E-state index is 0.341. The van der Waals surface area contributed by atoms with Crippen LogP contribution < -0.4 is 20.5 Å². The maximum absolute atomic E-state index is 6.29. The van der Waals surface area contributed by atoms with Gasteiger partial charge in [-0.15, -0.1) is 0 Å². The molecule has 36 heavy (non-hydrogen) atoms. The summed E-state index contributed by atoms with van der Waals surface area (Å²) in [5.74, 6) is 1.30. The van der Waals surface area contributed by atoms with E-state index in [-0.39, 0.29) is 0 Å². The molecule has 188 valence electrons. The summed E-state index contributed by atoms with van der Waals surface area (Å²) in [6, 6.07) is 14.0. The van der Waals surface area contributed by atoms with E-state index >= 15 is 0 Å². The molecule has 0 amide bonds. The van der Waals surface area contributed by atoms with E-state index in [1.165, 1.54) is 5.69 Å². The van der Waals surface area contributed by atoms with E-state index in [1.54, 1.807) is 6.21 Å². The molecule has 0 atom stereocenters. The average Bonchev–Trinajstić information content (AvgIpc) is 2.92. The van der Waals surface area contributed by atoms with Gasteiger partial charge in [0.1, 0.15) is 0 Å². The second kappa shape index (κ2) is 11.5. The van der Waals surface area contributed by atoms with Gasteiger partial charge in [-0.3, -0.25) is 0 Å². The lowest BCUT2D eigenvalue weighted by atomic mass is 10.2. The highest BCUT2D eigenvalue weighted by molar-refractivity contribution is 6.31. The first-order valence-electron chi connectivity index (χ1n) is 12.0. The van der Waals surface area contributed by atoms with Crippen LogP contribution in [0, 0.1) is 6.92 Å². The fourth-order valence-electron chi connectivity index (χ4n) is 3.93. The minimum Gasteiger partial charge on any atom is -0.378 e. The van der Waals surface area contributed by atoms with Gasteiger partial charge in [-0.2, -0.15) is 20.1 Å². The predicted molar refractivity (Wildman–Crippen MR) is 143 cm³/mol. The molecule has 0 radical (unpaired) electrons. The molecule has 0 bridgehead atoms. The van der Waals surface area contributed by atoms with Crippen LogP contribution in [-0.4, -0.2) is 73.8 Å². The van der Waals surface area contributed by atoms with Crippen molar-refractivity contribution in [2.75, 3.05) is 73.1 Å². The molecular formula is C25H29ClN8O2. The van der Waals surface area contributed by atoms with E-state index < -0.39 is 0 Å². The molecule has 2 N–H and O–H groups in total. The Morgan fingerprint density at radius 2 is 1.53 bits per heavy atom. The summed E-state index contributed by atoms with van der Waals surface area (Å²) in [6.07, 6.45) is 1.74. The number of nitrogens with zero attached hydrogens (tertiary/aromatic N) is 6. The van der Waals surface area contributed by atoms with Crippen LogP contribution in [0.1, 0.15) is 11.1 Å². The molecule has 0 saturated carbocycles. The lowest BCUT2D eigenvalue weighted by Gasteiger charge is -2.28. The first-order valence-corrected chi connectivity index (χ1v) is 12.4. The summed E-state index contributed by atoms with van der Waals surface area (Å²) in [6.45, 7) is 7.97. The summed E-state index contributed by atoms with van der Waals surface area (Å²) in [5.41, 5.74) is 6.90. The molecule has 11 heteroatoms. The van der Waals surface area contributed by atoms with E-state index in [0.717, 1.165) is 43.1 Å². The van der Waals surface area contributed by atoms with Gasteiger partial charge in [0.25, 0.3) is 0 Å². The van der Waals surface area contributed by atoms with Gasteiger partial charge in [0.05, 0.1) is 32.6 Å². The molecule has 0 unspecified atom stereocenters. The van der Waals surface area contributed by atoms with Crippen LogP contribution in [0.25, 0.3) is 0 Å². The first kappa shape index (κ1) is 24.2.